The van der Waals surface area contributed by atoms with Crippen LogP contribution in [0.3, 0.4) is 0 Å². The number of carbonyl (C=O) groups excluding carboxylic acids is 1. The highest BCUT2D eigenvalue weighted by molar-refractivity contribution is 5.76. The SMILES string of the molecule is CCCC/C=C\C/C=C\CCCCCCCC(=O)NC(COC1OC(CO)C(OC2OC(CO)C(OC3OC(CO)C(O)C(O)C3O)C(O)C2O)C(O)C1O)C(O)CCCCCCCCCCCCCCCCC. The largest absolute Gasteiger partial charge is 0.394 e. The highest BCUT2D eigenvalue weighted by Crippen LogP contribution is 2.33. The Morgan fingerprint density at radius 3 is 1.42 bits per heavy atom. The van der Waals surface area contributed by atoms with Gasteiger partial charge in [-0.2, -0.15) is 0 Å². The van der Waals surface area contributed by atoms with Crippen LogP contribution in [0, 0.1) is 0 Å². The summed E-state index contributed by atoms with van der Waals surface area (Å²) in [5, 5.41) is 120. The van der Waals surface area contributed by atoms with E-state index < -0.39 is 124 Å². The first-order valence-electron chi connectivity index (χ1n) is 28.6. The fourth-order valence-corrected chi connectivity index (χ4v) is 9.74. The van der Waals surface area contributed by atoms with Gasteiger partial charge in [-0.25, -0.2) is 0 Å². The summed E-state index contributed by atoms with van der Waals surface area (Å²) in [7, 11) is 0. The smallest absolute Gasteiger partial charge is 0.220 e. The number of nitrogens with one attached hydrogen (secondary N) is 1. The number of hydrogen-bond acceptors (Lipinski definition) is 18. The van der Waals surface area contributed by atoms with E-state index in [1.165, 1.54) is 83.5 Å². The lowest BCUT2D eigenvalue weighted by Gasteiger charge is -2.48. The minimum absolute atomic E-state index is 0.251. The Balaban J connectivity index is 1.53. The highest BCUT2D eigenvalue weighted by Gasteiger charge is 2.53. The van der Waals surface area contributed by atoms with Crippen LogP contribution >= 0.6 is 0 Å². The number of ether oxygens (including phenoxy) is 6. The summed E-state index contributed by atoms with van der Waals surface area (Å²) in [4.78, 5) is 13.3. The molecule has 0 aromatic rings. The Labute approximate surface area is 441 Å². The molecule has 3 heterocycles. The summed E-state index contributed by atoms with van der Waals surface area (Å²) < 4.78 is 34.2. The van der Waals surface area contributed by atoms with Crippen LogP contribution in [0.1, 0.15) is 187 Å². The molecular formula is C55H101NO18. The Kier molecular flexibility index (Phi) is 35.6. The Morgan fingerprint density at radius 1 is 0.486 bits per heavy atom. The highest BCUT2D eigenvalue weighted by atomic mass is 16.8. The zero-order chi connectivity index (χ0) is 54.1. The van der Waals surface area contributed by atoms with Crippen LogP contribution in [-0.2, 0) is 33.2 Å². The number of amides is 1. The molecule has 0 aliphatic carbocycles. The first-order chi connectivity index (χ1) is 35.8. The van der Waals surface area contributed by atoms with E-state index in [9.17, 15) is 61.0 Å². The number of rotatable bonds is 41. The molecule has 0 radical (unpaired) electrons. The minimum atomic E-state index is -1.97. The molecule has 1 amide bonds. The van der Waals surface area contributed by atoms with Gasteiger partial charge in [0.05, 0.1) is 38.6 Å². The van der Waals surface area contributed by atoms with Gasteiger partial charge in [-0.3, -0.25) is 4.79 Å². The predicted octanol–water partition coefficient (Wildman–Crippen LogP) is 3.98. The zero-order valence-corrected chi connectivity index (χ0v) is 44.8. The van der Waals surface area contributed by atoms with E-state index in [2.05, 4.69) is 43.5 Å². The standard InChI is InChI=1S/C55H101NO18/c1-3-5-7-9-11-13-15-17-19-20-22-24-26-28-30-32-39(60)38(56-43(61)33-31-29-27-25-23-21-18-16-14-12-10-8-6-4-2)37-69-53-49(67)46(64)51(41(35-58)71-53)74-55-50(68)47(65)52(42(36-59)72-55)73-54-48(66)45(63)44(62)40(34-57)70-54/h10,12,16,18,38-42,44-55,57-60,62-68H,3-9,11,13-15,17,19-37H2,1-2H3,(H,56,61)/b12-10-,18-16-. The van der Waals surface area contributed by atoms with Gasteiger partial charge >= 0.3 is 0 Å². The van der Waals surface area contributed by atoms with E-state index in [0.29, 0.717) is 12.8 Å². The van der Waals surface area contributed by atoms with Crippen LogP contribution in [-0.4, -0.2) is 193 Å². The van der Waals surface area contributed by atoms with Gasteiger partial charge in [0.25, 0.3) is 0 Å². The molecule has 0 spiro atoms. The minimum Gasteiger partial charge on any atom is -0.394 e. The van der Waals surface area contributed by atoms with Gasteiger partial charge in [-0.15, -0.1) is 0 Å². The van der Waals surface area contributed by atoms with Crippen molar-refractivity contribution in [3.8, 4) is 0 Å². The summed E-state index contributed by atoms with van der Waals surface area (Å²) in [6.07, 6.45) is 11.2. The van der Waals surface area contributed by atoms with Crippen molar-refractivity contribution in [3.05, 3.63) is 24.3 Å². The lowest BCUT2D eigenvalue weighted by Crippen LogP contribution is -2.66. The van der Waals surface area contributed by atoms with Crippen LogP contribution in [0.4, 0.5) is 0 Å². The number of hydrogen-bond donors (Lipinski definition) is 12. The molecule has 0 aromatic heterocycles. The van der Waals surface area contributed by atoms with Crippen molar-refractivity contribution >= 4 is 5.91 Å². The topological polar surface area (TPSA) is 307 Å². The number of carbonyl (C=O) groups is 1. The van der Waals surface area contributed by atoms with Gasteiger partial charge in [0.15, 0.2) is 18.9 Å². The maximum atomic E-state index is 13.3. The van der Waals surface area contributed by atoms with Gasteiger partial charge in [0.2, 0.25) is 5.91 Å². The van der Waals surface area contributed by atoms with E-state index >= 15 is 0 Å². The predicted molar refractivity (Wildman–Crippen MR) is 277 cm³/mol. The molecule has 0 bridgehead atoms. The quantitative estimate of drug-likeness (QED) is 0.0304. The van der Waals surface area contributed by atoms with Crippen molar-refractivity contribution in [3.63, 3.8) is 0 Å². The number of aliphatic hydroxyl groups excluding tert-OH is 11. The second-order valence-electron chi connectivity index (χ2n) is 20.8. The van der Waals surface area contributed by atoms with E-state index in [0.717, 1.165) is 70.6 Å². The van der Waals surface area contributed by atoms with Crippen LogP contribution in [0.15, 0.2) is 24.3 Å². The van der Waals surface area contributed by atoms with Gasteiger partial charge in [0.1, 0.15) is 73.2 Å². The van der Waals surface area contributed by atoms with Crippen LogP contribution < -0.4 is 5.32 Å². The van der Waals surface area contributed by atoms with Crippen LogP contribution in [0.2, 0.25) is 0 Å². The molecule has 17 unspecified atom stereocenters. The lowest BCUT2D eigenvalue weighted by atomic mass is 9.96. The Bertz CT molecular complexity index is 1460. The number of allylic oxidation sites excluding steroid dienone is 4. The summed E-state index contributed by atoms with van der Waals surface area (Å²) >= 11 is 0. The van der Waals surface area contributed by atoms with E-state index in [1.54, 1.807) is 0 Å². The second kappa shape index (κ2) is 39.6. The molecule has 434 valence electrons. The van der Waals surface area contributed by atoms with Crippen molar-refractivity contribution in [1.29, 1.82) is 0 Å². The summed E-state index contributed by atoms with van der Waals surface area (Å²) in [5.74, 6) is -0.258. The van der Waals surface area contributed by atoms with Crippen molar-refractivity contribution in [2.75, 3.05) is 26.4 Å². The lowest BCUT2D eigenvalue weighted by molar-refractivity contribution is -0.379. The second-order valence-corrected chi connectivity index (χ2v) is 20.8. The van der Waals surface area contributed by atoms with Crippen LogP contribution in [0.5, 0.6) is 0 Å². The van der Waals surface area contributed by atoms with Crippen molar-refractivity contribution in [1.82, 2.24) is 5.32 Å². The van der Waals surface area contributed by atoms with Gasteiger partial charge in [-0.1, -0.05) is 167 Å². The van der Waals surface area contributed by atoms with E-state index in [1.807, 2.05) is 0 Å². The molecule has 3 fully saturated rings. The summed E-state index contributed by atoms with van der Waals surface area (Å²) in [6, 6.07) is -0.891. The van der Waals surface area contributed by atoms with Gasteiger partial charge < -0.3 is 89.9 Å². The summed E-state index contributed by atoms with van der Waals surface area (Å²) in [5.41, 5.74) is 0. The van der Waals surface area contributed by atoms with Crippen molar-refractivity contribution < 1.29 is 89.4 Å². The van der Waals surface area contributed by atoms with E-state index in [4.69, 9.17) is 28.4 Å². The molecule has 74 heavy (non-hydrogen) atoms. The molecule has 17 atom stereocenters. The molecule has 0 saturated carbocycles. The number of unbranched alkanes of at least 4 members (excludes halogenated alkanes) is 21. The normalized spacial score (nSPS) is 31.6. The third-order valence-corrected chi connectivity index (χ3v) is 14.5. The fourth-order valence-electron chi connectivity index (χ4n) is 9.74. The summed E-state index contributed by atoms with van der Waals surface area (Å²) in [6.45, 7) is 1.72. The molecule has 0 aromatic carbocycles. The molecule has 19 nitrogen and oxygen atoms in total. The molecule has 12 N–H and O–H groups in total. The van der Waals surface area contributed by atoms with E-state index in [-0.39, 0.29) is 18.9 Å². The van der Waals surface area contributed by atoms with Crippen molar-refractivity contribution in [2.45, 2.75) is 291 Å². The number of aliphatic hydroxyl groups is 11. The molecule has 19 heteroatoms. The maximum Gasteiger partial charge on any atom is 0.220 e. The molecular weight excluding hydrogens is 963 g/mol. The third kappa shape index (κ3) is 24.1. The average molecular weight is 1060 g/mol. The van der Waals surface area contributed by atoms with Crippen molar-refractivity contribution in [2.24, 2.45) is 0 Å². The molecule has 3 aliphatic rings. The van der Waals surface area contributed by atoms with Crippen LogP contribution in [0.25, 0.3) is 0 Å². The third-order valence-electron chi connectivity index (χ3n) is 14.5. The zero-order valence-electron chi connectivity index (χ0n) is 44.8. The van der Waals surface area contributed by atoms with Gasteiger partial charge in [-0.05, 0) is 38.5 Å². The fraction of sp³-hybridized carbons (Fsp3) is 0.909. The first kappa shape index (κ1) is 66.5. The maximum absolute atomic E-state index is 13.3. The molecule has 3 rings (SSSR count). The average Bonchev–Trinajstić information content (AvgIpc) is 3.40. The van der Waals surface area contributed by atoms with Gasteiger partial charge in [0, 0.05) is 6.42 Å². The molecule has 3 saturated heterocycles. The molecule has 3 aliphatic heterocycles. The Morgan fingerprint density at radius 2 is 0.905 bits per heavy atom. The Hall–Kier alpha value is -1.73. The first-order valence-corrected chi connectivity index (χ1v) is 28.6. The monoisotopic (exact) mass is 1060 g/mol.